The molecule has 3 rings (SSSR count). The molecular weight excluding hydrogens is 230 g/mol. The summed E-state index contributed by atoms with van der Waals surface area (Å²) in [6, 6.07) is 4.45. The van der Waals surface area contributed by atoms with E-state index in [0.717, 1.165) is 18.8 Å². The highest BCUT2D eigenvalue weighted by molar-refractivity contribution is 5.90. The predicted molar refractivity (Wildman–Crippen MR) is 67.2 cm³/mol. The number of rotatable bonds is 3. The fourth-order valence-electron chi connectivity index (χ4n) is 2.98. The Balaban J connectivity index is 1.67. The minimum Gasteiger partial charge on any atom is -0.364 e. The minimum atomic E-state index is -0.545. The zero-order valence-corrected chi connectivity index (χ0v) is 10.2. The van der Waals surface area contributed by atoms with E-state index in [1.54, 1.807) is 12.1 Å². The second kappa shape index (κ2) is 4.53. The Kier molecular flexibility index (Phi) is 2.87. The van der Waals surface area contributed by atoms with Crippen LogP contribution in [0.1, 0.15) is 29.8 Å². The lowest BCUT2D eigenvalue weighted by atomic mass is 10.1. The van der Waals surface area contributed by atoms with Crippen molar-refractivity contribution in [1.29, 1.82) is 0 Å². The summed E-state index contributed by atoms with van der Waals surface area (Å²) < 4.78 is 0. The van der Waals surface area contributed by atoms with Crippen LogP contribution in [0.5, 0.6) is 0 Å². The molecule has 2 aliphatic heterocycles. The Hall–Kier alpha value is -1.69. The van der Waals surface area contributed by atoms with Crippen molar-refractivity contribution >= 4 is 11.7 Å². The number of nitrogens with zero attached hydrogens (tertiary/aromatic N) is 3. The van der Waals surface area contributed by atoms with Gasteiger partial charge in [0, 0.05) is 18.6 Å². The lowest BCUT2D eigenvalue weighted by Crippen LogP contribution is -2.34. The molecule has 1 aromatic rings. The third-order valence-electron chi connectivity index (χ3n) is 3.86. The highest BCUT2D eigenvalue weighted by atomic mass is 16.1. The van der Waals surface area contributed by atoms with Crippen molar-refractivity contribution < 1.29 is 4.79 Å². The molecule has 1 aromatic heterocycles. The van der Waals surface area contributed by atoms with Crippen LogP contribution in [-0.2, 0) is 0 Å². The first-order valence-electron chi connectivity index (χ1n) is 6.38. The van der Waals surface area contributed by atoms with E-state index >= 15 is 0 Å². The number of anilines is 1. The van der Waals surface area contributed by atoms with E-state index in [0.29, 0.717) is 12.1 Å². The molecule has 0 aliphatic carbocycles. The van der Waals surface area contributed by atoms with E-state index in [-0.39, 0.29) is 5.69 Å². The summed E-state index contributed by atoms with van der Waals surface area (Å²) in [5, 5.41) is 11.2. The summed E-state index contributed by atoms with van der Waals surface area (Å²) in [4.78, 5) is 13.4. The minimum absolute atomic E-state index is 0.203. The molecule has 0 spiro atoms. The quantitative estimate of drug-likeness (QED) is 0.798. The third kappa shape index (κ3) is 2.03. The lowest BCUT2D eigenvalue weighted by Gasteiger charge is -2.21. The van der Waals surface area contributed by atoms with E-state index in [1.165, 1.54) is 19.4 Å². The van der Waals surface area contributed by atoms with Crippen molar-refractivity contribution in [3.63, 3.8) is 0 Å². The number of nitrogens with one attached hydrogen (secondary N) is 1. The van der Waals surface area contributed by atoms with E-state index in [1.807, 2.05) is 0 Å². The van der Waals surface area contributed by atoms with E-state index < -0.39 is 5.91 Å². The van der Waals surface area contributed by atoms with Crippen LogP contribution in [0, 0.1) is 0 Å². The van der Waals surface area contributed by atoms with Crippen LogP contribution in [0.3, 0.4) is 0 Å². The molecule has 2 fully saturated rings. The van der Waals surface area contributed by atoms with Crippen molar-refractivity contribution in [3.05, 3.63) is 17.8 Å². The molecule has 3 N–H and O–H groups in total. The molecule has 6 nitrogen and oxygen atoms in total. The first-order valence-corrected chi connectivity index (χ1v) is 6.38. The number of fused-ring (bicyclic) bond motifs is 1. The number of carbonyl (C=O) groups excluding carboxylic acids is 1. The first-order chi connectivity index (χ1) is 8.74. The molecule has 2 unspecified atom stereocenters. The van der Waals surface area contributed by atoms with Crippen molar-refractivity contribution in [2.75, 3.05) is 18.4 Å². The Morgan fingerprint density at radius 2 is 2.22 bits per heavy atom. The van der Waals surface area contributed by atoms with Gasteiger partial charge in [-0.2, -0.15) is 0 Å². The van der Waals surface area contributed by atoms with Crippen molar-refractivity contribution in [2.24, 2.45) is 5.73 Å². The number of primary amides is 1. The van der Waals surface area contributed by atoms with Gasteiger partial charge in [-0.05, 0) is 37.9 Å². The maximum Gasteiger partial charge on any atom is 0.269 e. The molecule has 6 heteroatoms. The summed E-state index contributed by atoms with van der Waals surface area (Å²) >= 11 is 0. The largest absolute Gasteiger partial charge is 0.364 e. The van der Waals surface area contributed by atoms with E-state index in [9.17, 15) is 4.79 Å². The predicted octanol–water partition coefficient (Wildman–Crippen LogP) is 0.224. The van der Waals surface area contributed by atoms with Crippen LogP contribution >= 0.6 is 0 Å². The molecular formula is C12H17N5O. The molecule has 18 heavy (non-hydrogen) atoms. The topological polar surface area (TPSA) is 84.1 Å². The average molecular weight is 247 g/mol. The molecule has 3 heterocycles. The van der Waals surface area contributed by atoms with Gasteiger partial charge in [-0.25, -0.2) is 0 Å². The monoisotopic (exact) mass is 247 g/mol. The molecule has 0 bridgehead atoms. The maximum atomic E-state index is 10.9. The van der Waals surface area contributed by atoms with Crippen molar-refractivity contribution in [2.45, 2.75) is 31.3 Å². The summed E-state index contributed by atoms with van der Waals surface area (Å²) in [5.41, 5.74) is 5.33. The molecule has 0 radical (unpaired) electrons. The van der Waals surface area contributed by atoms with Crippen LogP contribution < -0.4 is 11.1 Å². The summed E-state index contributed by atoms with van der Waals surface area (Å²) in [7, 11) is 0. The molecule has 2 saturated heterocycles. The normalized spacial score (nSPS) is 27.1. The zero-order chi connectivity index (χ0) is 12.5. The lowest BCUT2D eigenvalue weighted by molar-refractivity contribution is 0.0994. The van der Waals surface area contributed by atoms with Crippen LogP contribution in [0.15, 0.2) is 12.1 Å². The van der Waals surface area contributed by atoms with Gasteiger partial charge in [0.15, 0.2) is 5.69 Å². The van der Waals surface area contributed by atoms with Gasteiger partial charge in [0.2, 0.25) is 0 Å². The molecule has 0 saturated carbocycles. The first kappa shape index (κ1) is 11.4. The fourth-order valence-corrected chi connectivity index (χ4v) is 2.98. The Morgan fingerprint density at radius 1 is 1.33 bits per heavy atom. The van der Waals surface area contributed by atoms with Gasteiger partial charge >= 0.3 is 0 Å². The number of hydrogen-bond acceptors (Lipinski definition) is 5. The highest BCUT2D eigenvalue weighted by Gasteiger charge is 2.37. The molecule has 1 amide bonds. The number of nitrogens with two attached hydrogens (primary N) is 1. The van der Waals surface area contributed by atoms with Gasteiger partial charge in [0.05, 0.1) is 0 Å². The van der Waals surface area contributed by atoms with E-state index in [4.69, 9.17) is 5.73 Å². The number of aromatic nitrogens is 2. The van der Waals surface area contributed by atoms with Gasteiger partial charge in [0.25, 0.3) is 5.91 Å². The standard InChI is InChI=1S/C12H17N5O/c13-12(18)9-3-4-11(16-15-9)14-8-5-7-17-6-1-2-10(8)17/h3-4,8,10H,1-2,5-7H2,(H2,13,18)(H,14,16). The van der Waals surface area contributed by atoms with Crippen molar-refractivity contribution in [3.8, 4) is 0 Å². The molecule has 2 aliphatic rings. The van der Waals surface area contributed by atoms with Gasteiger partial charge < -0.3 is 11.1 Å². The van der Waals surface area contributed by atoms with Gasteiger partial charge in [-0.15, -0.1) is 10.2 Å². The average Bonchev–Trinajstić information content (AvgIpc) is 2.95. The smallest absolute Gasteiger partial charge is 0.269 e. The SMILES string of the molecule is NC(=O)c1ccc(NC2CCN3CCCC23)nn1. The number of amides is 1. The van der Waals surface area contributed by atoms with Crippen LogP contribution in [-0.4, -0.2) is 46.2 Å². The van der Waals surface area contributed by atoms with Crippen molar-refractivity contribution in [1.82, 2.24) is 15.1 Å². The Labute approximate surface area is 106 Å². The van der Waals surface area contributed by atoms with Gasteiger partial charge in [0.1, 0.15) is 5.82 Å². The summed E-state index contributed by atoms with van der Waals surface area (Å²) in [6.45, 7) is 2.38. The molecule has 2 atom stereocenters. The molecule has 96 valence electrons. The second-order valence-electron chi connectivity index (χ2n) is 4.95. The van der Waals surface area contributed by atoms with Gasteiger partial charge in [-0.1, -0.05) is 0 Å². The maximum absolute atomic E-state index is 10.9. The Bertz CT molecular complexity index is 446. The Morgan fingerprint density at radius 3 is 2.94 bits per heavy atom. The number of carbonyl (C=O) groups is 1. The van der Waals surface area contributed by atoms with Gasteiger partial charge in [-0.3, -0.25) is 9.69 Å². The fraction of sp³-hybridized carbons (Fsp3) is 0.583. The number of hydrogen-bond donors (Lipinski definition) is 2. The van der Waals surface area contributed by atoms with E-state index in [2.05, 4.69) is 20.4 Å². The second-order valence-corrected chi connectivity index (χ2v) is 4.95. The van der Waals surface area contributed by atoms with Crippen LogP contribution in [0.25, 0.3) is 0 Å². The van der Waals surface area contributed by atoms with Crippen LogP contribution in [0.4, 0.5) is 5.82 Å². The zero-order valence-electron chi connectivity index (χ0n) is 10.2. The highest BCUT2D eigenvalue weighted by Crippen LogP contribution is 2.29. The summed E-state index contributed by atoms with van der Waals surface area (Å²) in [6.07, 6.45) is 3.68. The third-order valence-corrected chi connectivity index (χ3v) is 3.86. The summed E-state index contributed by atoms with van der Waals surface area (Å²) in [5.74, 6) is 0.177. The molecule has 0 aromatic carbocycles. The van der Waals surface area contributed by atoms with Crippen LogP contribution in [0.2, 0.25) is 0 Å².